The Kier molecular flexibility index (Phi) is 7.48. The number of nitrogens with zero attached hydrogens (tertiary/aromatic N) is 2. The fourth-order valence-electron chi connectivity index (χ4n) is 4.09. The van der Waals surface area contributed by atoms with E-state index in [9.17, 15) is 4.79 Å². The summed E-state index contributed by atoms with van der Waals surface area (Å²) < 4.78 is 1.64. The molecular weight excluding hydrogens is 398 g/mol. The summed E-state index contributed by atoms with van der Waals surface area (Å²) in [6, 6.07) is 19.8. The number of anilines is 1. The van der Waals surface area contributed by atoms with Crippen molar-refractivity contribution in [2.45, 2.75) is 12.8 Å². The van der Waals surface area contributed by atoms with E-state index in [2.05, 4.69) is 27.7 Å². The van der Waals surface area contributed by atoms with E-state index < -0.39 is 0 Å². The van der Waals surface area contributed by atoms with E-state index in [1.165, 1.54) is 11.8 Å². The van der Waals surface area contributed by atoms with Crippen LogP contribution in [0.4, 0.5) is 5.69 Å². The predicted molar refractivity (Wildman–Crippen MR) is 132 cm³/mol. The molecule has 1 aliphatic heterocycles. The fourth-order valence-corrected chi connectivity index (χ4v) is 4.09. The third kappa shape index (κ3) is 5.72. The molecule has 1 aromatic heterocycles. The number of hydrogen-bond donors (Lipinski definition) is 3. The van der Waals surface area contributed by atoms with Gasteiger partial charge in [-0.1, -0.05) is 30.3 Å². The summed E-state index contributed by atoms with van der Waals surface area (Å²) in [5, 5.41) is 14.6. The minimum Gasteiger partial charge on any atom is -0.383 e. The average Bonchev–Trinajstić information content (AvgIpc) is 2.84. The van der Waals surface area contributed by atoms with Gasteiger partial charge in [0.05, 0.1) is 0 Å². The van der Waals surface area contributed by atoms with Crippen LogP contribution in [0.3, 0.4) is 0 Å². The Balaban J connectivity index is 1.41. The summed E-state index contributed by atoms with van der Waals surface area (Å²) in [6.45, 7) is 6.03. The highest BCUT2D eigenvalue weighted by molar-refractivity contribution is 5.86. The lowest BCUT2D eigenvalue weighted by atomic mass is 10.1. The minimum absolute atomic E-state index is 0.0501. The molecule has 1 aliphatic rings. The van der Waals surface area contributed by atoms with Gasteiger partial charge in [-0.25, -0.2) is 0 Å². The van der Waals surface area contributed by atoms with Gasteiger partial charge < -0.3 is 16.0 Å². The van der Waals surface area contributed by atoms with Gasteiger partial charge in [0, 0.05) is 74.7 Å². The Morgan fingerprint density at radius 3 is 2.50 bits per heavy atom. The third-order valence-corrected chi connectivity index (χ3v) is 5.95. The van der Waals surface area contributed by atoms with Crippen molar-refractivity contribution in [1.29, 1.82) is 5.41 Å². The van der Waals surface area contributed by atoms with Crippen molar-refractivity contribution in [3.8, 4) is 5.69 Å². The van der Waals surface area contributed by atoms with Crippen molar-refractivity contribution in [3.63, 3.8) is 0 Å². The molecule has 4 rings (SSSR count). The molecule has 0 radical (unpaired) electrons. The zero-order valence-corrected chi connectivity index (χ0v) is 18.4. The van der Waals surface area contributed by atoms with Crippen LogP contribution in [0.5, 0.6) is 0 Å². The number of nitrogens with one attached hydrogen (secondary N) is 3. The van der Waals surface area contributed by atoms with E-state index in [1.807, 2.05) is 48.7 Å². The lowest BCUT2D eigenvalue weighted by molar-refractivity contribution is 0.249. The quantitative estimate of drug-likeness (QED) is 0.457. The number of aromatic nitrogens is 1. The molecule has 0 atom stereocenters. The summed E-state index contributed by atoms with van der Waals surface area (Å²) in [7, 11) is 0. The maximum Gasteiger partial charge on any atom is 0.255 e. The Labute approximate surface area is 189 Å². The predicted octanol–water partition coefficient (Wildman–Crippen LogP) is 2.94. The summed E-state index contributed by atoms with van der Waals surface area (Å²) in [4.78, 5) is 15.2. The Hall–Kier alpha value is -3.22. The second-order valence-electron chi connectivity index (χ2n) is 8.16. The van der Waals surface area contributed by atoms with Gasteiger partial charge in [0.25, 0.3) is 5.56 Å². The van der Waals surface area contributed by atoms with Gasteiger partial charge in [0.15, 0.2) is 0 Å². The number of rotatable bonds is 9. The number of aryl methyl sites for hydroxylation is 2. The van der Waals surface area contributed by atoms with Crippen LogP contribution >= 0.6 is 0 Å². The minimum atomic E-state index is -0.0501. The van der Waals surface area contributed by atoms with Gasteiger partial charge in [-0.15, -0.1) is 0 Å². The molecule has 3 aromatic rings. The first kappa shape index (κ1) is 22.0. The van der Waals surface area contributed by atoms with E-state index in [0.29, 0.717) is 0 Å². The number of benzene rings is 2. The molecule has 0 unspecified atom stereocenters. The van der Waals surface area contributed by atoms with Gasteiger partial charge in [-0.05, 0) is 48.2 Å². The molecule has 1 fully saturated rings. The zero-order chi connectivity index (χ0) is 22.2. The van der Waals surface area contributed by atoms with Gasteiger partial charge >= 0.3 is 0 Å². The second-order valence-corrected chi connectivity index (χ2v) is 8.16. The van der Waals surface area contributed by atoms with Crippen LogP contribution in [0.25, 0.3) is 5.69 Å². The van der Waals surface area contributed by atoms with Gasteiger partial charge in [0.2, 0.25) is 0 Å². The summed E-state index contributed by atoms with van der Waals surface area (Å²) in [5.41, 5.74) is 4.73. The number of piperazine rings is 1. The molecule has 0 amide bonds. The van der Waals surface area contributed by atoms with Crippen LogP contribution in [0.15, 0.2) is 71.7 Å². The van der Waals surface area contributed by atoms with E-state index in [0.717, 1.165) is 74.6 Å². The van der Waals surface area contributed by atoms with Crippen molar-refractivity contribution in [3.05, 3.63) is 93.9 Å². The van der Waals surface area contributed by atoms with E-state index >= 15 is 0 Å². The van der Waals surface area contributed by atoms with Crippen molar-refractivity contribution in [2.75, 3.05) is 44.6 Å². The number of pyridine rings is 1. The molecule has 32 heavy (non-hydrogen) atoms. The van der Waals surface area contributed by atoms with Crippen LogP contribution in [0, 0.1) is 5.41 Å². The molecule has 6 heteroatoms. The molecular formula is C26H31N5O. The van der Waals surface area contributed by atoms with Crippen LogP contribution in [0.2, 0.25) is 0 Å². The number of hydrogen-bond acceptors (Lipinski definition) is 5. The summed E-state index contributed by atoms with van der Waals surface area (Å²) in [6.07, 6.45) is 4.93. The SMILES string of the molecule is N=Cc1cc(-n2ccc(CCc3ccccc3)cc2=O)ccc1NCCN1CCNCC1. The summed E-state index contributed by atoms with van der Waals surface area (Å²) in [5.74, 6) is 0. The maximum atomic E-state index is 12.8. The Morgan fingerprint density at radius 2 is 1.75 bits per heavy atom. The third-order valence-electron chi connectivity index (χ3n) is 5.95. The van der Waals surface area contributed by atoms with Gasteiger partial charge in [0.1, 0.15) is 0 Å². The smallest absolute Gasteiger partial charge is 0.255 e. The van der Waals surface area contributed by atoms with E-state index in [1.54, 1.807) is 10.6 Å². The first-order valence-electron chi connectivity index (χ1n) is 11.3. The highest BCUT2D eigenvalue weighted by Gasteiger charge is 2.10. The molecule has 3 N–H and O–H groups in total. The molecule has 6 nitrogen and oxygen atoms in total. The molecule has 2 heterocycles. The van der Waals surface area contributed by atoms with Gasteiger partial charge in [-0.3, -0.25) is 14.3 Å². The topological polar surface area (TPSA) is 73.2 Å². The van der Waals surface area contributed by atoms with Crippen molar-refractivity contribution >= 4 is 11.9 Å². The largest absolute Gasteiger partial charge is 0.383 e. The molecule has 0 spiro atoms. The second kappa shape index (κ2) is 10.9. The first-order chi connectivity index (χ1) is 15.7. The lowest BCUT2D eigenvalue weighted by Crippen LogP contribution is -2.45. The zero-order valence-electron chi connectivity index (χ0n) is 18.4. The Morgan fingerprint density at radius 1 is 0.969 bits per heavy atom. The summed E-state index contributed by atoms with van der Waals surface area (Å²) >= 11 is 0. The highest BCUT2D eigenvalue weighted by atomic mass is 16.1. The fraction of sp³-hybridized carbons (Fsp3) is 0.308. The molecule has 0 aliphatic carbocycles. The normalized spacial score (nSPS) is 14.2. The van der Waals surface area contributed by atoms with E-state index in [-0.39, 0.29) is 5.56 Å². The average molecular weight is 430 g/mol. The van der Waals surface area contributed by atoms with Gasteiger partial charge in [-0.2, -0.15) is 0 Å². The highest BCUT2D eigenvalue weighted by Crippen LogP contribution is 2.18. The molecule has 2 aromatic carbocycles. The van der Waals surface area contributed by atoms with Crippen molar-refractivity contribution in [1.82, 2.24) is 14.8 Å². The van der Waals surface area contributed by atoms with Crippen molar-refractivity contribution < 1.29 is 0 Å². The monoisotopic (exact) mass is 429 g/mol. The molecule has 0 bridgehead atoms. The molecule has 0 saturated carbocycles. The van der Waals surface area contributed by atoms with Crippen LogP contribution < -0.4 is 16.2 Å². The molecule has 166 valence electrons. The maximum absolute atomic E-state index is 12.8. The van der Waals surface area contributed by atoms with Crippen LogP contribution in [-0.4, -0.2) is 55.0 Å². The van der Waals surface area contributed by atoms with Crippen LogP contribution in [-0.2, 0) is 12.8 Å². The first-order valence-corrected chi connectivity index (χ1v) is 11.3. The molecule has 1 saturated heterocycles. The van der Waals surface area contributed by atoms with Crippen LogP contribution in [0.1, 0.15) is 16.7 Å². The van der Waals surface area contributed by atoms with E-state index in [4.69, 9.17) is 5.41 Å². The lowest BCUT2D eigenvalue weighted by Gasteiger charge is -2.27. The standard InChI is InChI=1S/C26H31N5O/c27-20-23-19-24(8-9-25(23)29-13-17-30-15-11-28-12-16-30)31-14-10-22(18-26(31)32)7-6-21-4-2-1-3-5-21/h1-5,8-10,14,18-20,27-29H,6-7,11-13,15-17H2. The van der Waals surface area contributed by atoms with Crippen molar-refractivity contribution in [2.24, 2.45) is 0 Å². The Bertz CT molecular complexity index is 1090.